The van der Waals surface area contributed by atoms with Crippen LogP contribution in [-0.2, 0) is 4.74 Å². The molecule has 0 fully saturated rings. The van der Waals surface area contributed by atoms with Crippen molar-refractivity contribution < 1.29 is 4.74 Å². The number of rotatable bonds is 7. The van der Waals surface area contributed by atoms with Crippen molar-refractivity contribution in [3.63, 3.8) is 0 Å². The predicted octanol–water partition coefficient (Wildman–Crippen LogP) is 3.94. The third-order valence-corrected chi connectivity index (χ3v) is 3.45. The Hall–Kier alpha value is -1.85. The van der Waals surface area contributed by atoms with Crippen molar-refractivity contribution in [1.29, 1.82) is 0 Å². The number of hydrogen-bond acceptors (Lipinski definition) is 5. The molecule has 0 saturated heterocycles. The Morgan fingerprint density at radius 1 is 1.27 bits per heavy atom. The molecular weight excluding hydrogens is 300 g/mol. The first-order chi connectivity index (χ1) is 10.6. The maximum Gasteiger partial charge on any atom is 0.229 e. The van der Waals surface area contributed by atoms with Gasteiger partial charge in [-0.1, -0.05) is 17.7 Å². The minimum atomic E-state index is 0.519. The van der Waals surface area contributed by atoms with Gasteiger partial charge < -0.3 is 15.4 Å². The van der Waals surface area contributed by atoms with Crippen molar-refractivity contribution in [3.05, 3.63) is 40.5 Å². The zero-order valence-corrected chi connectivity index (χ0v) is 13.9. The van der Waals surface area contributed by atoms with Gasteiger partial charge in [0, 0.05) is 26.5 Å². The summed E-state index contributed by atoms with van der Waals surface area (Å²) in [6, 6.07) is 5.83. The van der Waals surface area contributed by atoms with Crippen molar-refractivity contribution in [1.82, 2.24) is 9.97 Å². The first-order valence-corrected chi connectivity index (χ1v) is 7.57. The average Bonchev–Trinajstić information content (AvgIpc) is 2.48. The van der Waals surface area contributed by atoms with E-state index < -0.39 is 0 Å². The molecule has 1 aromatic heterocycles. The van der Waals surface area contributed by atoms with Crippen molar-refractivity contribution in [2.45, 2.75) is 20.3 Å². The van der Waals surface area contributed by atoms with Gasteiger partial charge in [0.15, 0.2) is 0 Å². The van der Waals surface area contributed by atoms with Crippen LogP contribution in [0.2, 0.25) is 5.02 Å². The molecule has 0 aliphatic heterocycles. The normalized spacial score (nSPS) is 10.5. The predicted molar refractivity (Wildman–Crippen MR) is 91.2 cm³/mol. The molecule has 0 unspecified atom stereocenters. The molecule has 0 amide bonds. The molecule has 0 aliphatic rings. The zero-order valence-electron chi connectivity index (χ0n) is 13.1. The molecule has 0 aliphatic carbocycles. The minimum absolute atomic E-state index is 0.519. The third-order valence-electron chi connectivity index (χ3n) is 3.16. The van der Waals surface area contributed by atoms with Crippen LogP contribution in [0, 0.1) is 13.8 Å². The number of nitrogens with one attached hydrogen (secondary N) is 2. The molecule has 0 atom stereocenters. The lowest BCUT2D eigenvalue weighted by atomic mass is 10.1. The number of halogens is 1. The standard InChI is InChI=1S/C16H21ClN4O/c1-11-9-12(2)15(13(17)10-11)21-16-19-7-5-14(20-16)18-6-4-8-22-3/h5,7,9-10H,4,6,8H2,1-3H3,(H2,18,19,20,21). The van der Waals surface area contributed by atoms with Gasteiger partial charge in [0.25, 0.3) is 0 Å². The Bertz CT molecular complexity index is 610. The van der Waals surface area contributed by atoms with E-state index in [0.717, 1.165) is 42.2 Å². The van der Waals surface area contributed by atoms with Gasteiger partial charge in [0.05, 0.1) is 10.7 Å². The first-order valence-electron chi connectivity index (χ1n) is 7.20. The van der Waals surface area contributed by atoms with E-state index in [1.54, 1.807) is 13.3 Å². The fourth-order valence-corrected chi connectivity index (χ4v) is 2.50. The van der Waals surface area contributed by atoms with E-state index in [4.69, 9.17) is 16.3 Å². The third kappa shape index (κ3) is 4.58. The summed E-state index contributed by atoms with van der Waals surface area (Å²) in [6.07, 6.45) is 2.64. The van der Waals surface area contributed by atoms with Gasteiger partial charge in [0.1, 0.15) is 5.82 Å². The molecule has 0 radical (unpaired) electrons. The number of methoxy groups -OCH3 is 1. The first kappa shape index (κ1) is 16.5. The molecule has 118 valence electrons. The molecular formula is C16H21ClN4O. The topological polar surface area (TPSA) is 59.1 Å². The lowest BCUT2D eigenvalue weighted by Crippen LogP contribution is -2.07. The lowest BCUT2D eigenvalue weighted by Gasteiger charge is -2.12. The van der Waals surface area contributed by atoms with E-state index in [1.807, 2.05) is 26.0 Å². The SMILES string of the molecule is COCCCNc1ccnc(Nc2c(C)cc(C)cc2Cl)n1. The minimum Gasteiger partial charge on any atom is -0.385 e. The van der Waals surface area contributed by atoms with Crippen LogP contribution in [-0.4, -0.2) is 30.2 Å². The highest BCUT2D eigenvalue weighted by Crippen LogP contribution is 2.29. The second kappa shape index (κ2) is 7.96. The van der Waals surface area contributed by atoms with Crippen LogP contribution in [0.25, 0.3) is 0 Å². The summed E-state index contributed by atoms with van der Waals surface area (Å²) in [6.45, 7) is 5.55. The number of aryl methyl sites for hydroxylation is 2. The van der Waals surface area contributed by atoms with Crippen LogP contribution in [0.5, 0.6) is 0 Å². The molecule has 0 saturated carbocycles. The number of anilines is 3. The number of ether oxygens (including phenoxy) is 1. The van der Waals surface area contributed by atoms with E-state index >= 15 is 0 Å². The highest BCUT2D eigenvalue weighted by molar-refractivity contribution is 6.33. The monoisotopic (exact) mass is 320 g/mol. The summed E-state index contributed by atoms with van der Waals surface area (Å²) in [5.41, 5.74) is 3.03. The summed E-state index contributed by atoms with van der Waals surface area (Å²) >= 11 is 6.30. The van der Waals surface area contributed by atoms with E-state index in [9.17, 15) is 0 Å². The molecule has 2 rings (SSSR count). The molecule has 22 heavy (non-hydrogen) atoms. The smallest absolute Gasteiger partial charge is 0.229 e. The van der Waals surface area contributed by atoms with Gasteiger partial charge in [-0.05, 0) is 43.5 Å². The second-order valence-electron chi connectivity index (χ2n) is 5.10. The fraction of sp³-hybridized carbons (Fsp3) is 0.375. The van der Waals surface area contributed by atoms with Crippen molar-refractivity contribution in [3.8, 4) is 0 Å². The average molecular weight is 321 g/mol. The number of hydrogen-bond donors (Lipinski definition) is 2. The molecule has 1 heterocycles. The molecule has 0 spiro atoms. The quantitative estimate of drug-likeness (QED) is 0.757. The maximum absolute atomic E-state index is 6.30. The van der Waals surface area contributed by atoms with Gasteiger partial charge in [-0.15, -0.1) is 0 Å². The van der Waals surface area contributed by atoms with E-state index in [1.165, 1.54) is 0 Å². The van der Waals surface area contributed by atoms with Gasteiger partial charge in [-0.25, -0.2) is 4.98 Å². The molecule has 5 nitrogen and oxygen atoms in total. The van der Waals surface area contributed by atoms with E-state index in [-0.39, 0.29) is 0 Å². The molecule has 2 N–H and O–H groups in total. The molecule has 6 heteroatoms. The van der Waals surface area contributed by atoms with Crippen LogP contribution in [0.3, 0.4) is 0 Å². The summed E-state index contributed by atoms with van der Waals surface area (Å²) in [7, 11) is 1.69. The van der Waals surface area contributed by atoms with Crippen LogP contribution in [0.15, 0.2) is 24.4 Å². The lowest BCUT2D eigenvalue weighted by molar-refractivity contribution is 0.198. The van der Waals surface area contributed by atoms with Crippen LogP contribution in [0.4, 0.5) is 17.5 Å². The summed E-state index contributed by atoms with van der Waals surface area (Å²) in [4.78, 5) is 8.68. The van der Waals surface area contributed by atoms with Crippen molar-refractivity contribution >= 4 is 29.1 Å². The van der Waals surface area contributed by atoms with Crippen molar-refractivity contribution in [2.24, 2.45) is 0 Å². The molecule has 1 aromatic carbocycles. The second-order valence-corrected chi connectivity index (χ2v) is 5.51. The fourth-order valence-electron chi connectivity index (χ4n) is 2.14. The number of benzene rings is 1. The highest BCUT2D eigenvalue weighted by Gasteiger charge is 2.07. The summed E-state index contributed by atoms with van der Waals surface area (Å²) in [5, 5.41) is 7.10. The number of aromatic nitrogens is 2. The largest absolute Gasteiger partial charge is 0.385 e. The maximum atomic E-state index is 6.30. The van der Waals surface area contributed by atoms with Gasteiger partial charge in [-0.2, -0.15) is 4.98 Å². The Balaban J connectivity index is 2.07. The molecule has 0 bridgehead atoms. The van der Waals surface area contributed by atoms with Gasteiger partial charge in [0.2, 0.25) is 5.95 Å². The van der Waals surface area contributed by atoms with Crippen LogP contribution < -0.4 is 10.6 Å². The zero-order chi connectivity index (χ0) is 15.9. The van der Waals surface area contributed by atoms with Crippen LogP contribution >= 0.6 is 11.6 Å². The van der Waals surface area contributed by atoms with Gasteiger partial charge >= 0.3 is 0 Å². The Morgan fingerprint density at radius 2 is 2.09 bits per heavy atom. The van der Waals surface area contributed by atoms with E-state index in [0.29, 0.717) is 11.0 Å². The summed E-state index contributed by atoms with van der Waals surface area (Å²) < 4.78 is 5.02. The Kier molecular flexibility index (Phi) is 5.98. The number of nitrogens with zero attached hydrogens (tertiary/aromatic N) is 2. The van der Waals surface area contributed by atoms with Crippen molar-refractivity contribution in [2.75, 3.05) is 30.9 Å². The summed E-state index contributed by atoms with van der Waals surface area (Å²) in [5.74, 6) is 1.29. The van der Waals surface area contributed by atoms with Gasteiger partial charge in [-0.3, -0.25) is 0 Å². The Morgan fingerprint density at radius 3 is 2.82 bits per heavy atom. The highest BCUT2D eigenvalue weighted by atomic mass is 35.5. The van der Waals surface area contributed by atoms with Crippen LogP contribution in [0.1, 0.15) is 17.5 Å². The Labute approximate surface area is 136 Å². The molecule has 2 aromatic rings. The van der Waals surface area contributed by atoms with E-state index in [2.05, 4.69) is 26.7 Å².